The maximum absolute atomic E-state index is 10.8. The highest BCUT2D eigenvalue weighted by Crippen LogP contribution is 2.32. The second-order valence-electron chi connectivity index (χ2n) is 7.05. The van der Waals surface area contributed by atoms with E-state index in [1.54, 1.807) is 18.2 Å². The van der Waals surface area contributed by atoms with Gasteiger partial charge >= 0.3 is 5.97 Å². The number of benzene rings is 2. The first-order valence-corrected chi connectivity index (χ1v) is 9.48. The molecule has 1 aliphatic rings. The quantitative estimate of drug-likeness (QED) is 0.422. The molecule has 0 aromatic heterocycles. The zero-order chi connectivity index (χ0) is 19.9. The molecule has 2 aromatic rings. The number of aliphatic carboxylic acids is 1. The number of allylic oxidation sites excluding steroid dienone is 1. The molecule has 0 bridgehead atoms. The number of rotatable bonds is 8. The van der Waals surface area contributed by atoms with Gasteiger partial charge in [0.1, 0.15) is 0 Å². The van der Waals surface area contributed by atoms with Gasteiger partial charge < -0.3 is 5.11 Å². The first kappa shape index (κ1) is 19.8. The molecule has 1 fully saturated rings. The molecular weight excluding hydrogens is 356 g/mol. The fraction of sp³-hybridized carbons (Fsp3) is 0.318. The molecule has 6 heteroatoms. The number of nitro groups is 1. The van der Waals surface area contributed by atoms with Crippen molar-refractivity contribution in [1.82, 2.24) is 4.90 Å². The van der Waals surface area contributed by atoms with E-state index >= 15 is 0 Å². The van der Waals surface area contributed by atoms with E-state index < -0.39 is 5.97 Å². The Morgan fingerprint density at radius 2 is 1.82 bits per heavy atom. The summed E-state index contributed by atoms with van der Waals surface area (Å²) >= 11 is 0. The third kappa shape index (κ3) is 5.27. The lowest BCUT2D eigenvalue weighted by Gasteiger charge is -2.25. The molecule has 146 valence electrons. The van der Waals surface area contributed by atoms with E-state index in [1.165, 1.54) is 11.6 Å². The van der Waals surface area contributed by atoms with Gasteiger partial charge in [0, 0.05) is 30.8 Å². The predicted molar refractivity (Wildman–Crippen MR) is 107 cm³/mol. The van der Waals surface area contributed by atoms with Gasteiger partial charge in [0.05, 0.1) is 4.92 Å². The first-order valence-electron chi connectivity index (χ1n) is 9.48. The SMILES string of the molecule is O=C(O)/C=C/Cc1ccc([C@@H]2CCCN2CCc2ccc([N+](=O)[O-])cc2)cc1. The predicted octanol–water partition coefficient (Wildman–Crippen LogP) is 4.16. The van der Waals surface area contributed by atoms with E-state index in [1.807, 2.05) is 12.1 Å². The van der Waals surface area contributed by atoms with E-state index in [2.05, 4.69) is 29.2 Å². The van der Waals surface area contributed by atoms with Gasteiger partial charge in [-0.3, -0.25) is 15.0 Å². The van der Waals surface area contributed by atoms with Crippen LogP contribution in [0.3, 0.4) is 0 Å². The Bertz CT molecular complexity index is 844. The fourth-order valence-corrected chi connectivity index (χ4v) is 3.70. The molecule has 0 spiro atoms. The van der Waals surface area contributed by atoms with Crippen LogP contribution >= 0.6 is 0 Å². The normalized spacial score (nSPS) is 17.2. The van der Waals surface area contributed by atoms with Crippen molar-refractivity contribution in [2.24, 2.45) is 0 Å². The van der Waals surface area contributed by atoms with Crippen LogP contribution in [0.15, 0.2) is 60.7 Å². The van der Waals surface area contributed by atoms with Crippen LogP contribution in [0.4, 0.5) is 5.69 Å². The average molecular weight is 380 g/mol. The number of hydrogen-bond donors (Lipinski definition) is 1. The molecule has 0 unspecified atom stereocenters. The number of carbonyl (C=O) groups is 1. The standard InChI is InChI=1S/C22H24N2O4/c25-22(26)5-1-3-17-6-10-19(11-7-17)21-4-2-15-23(21)16-14-18-8-12-20(13-9-18)24(27)28/h1,5-13,21H,2-4,14-16H2,(H,25,26)/b5-1+/t21-/m0/s1. The first-order chi connectivity index (χ1) is 13.5. The van der Waals surface area contributed by atoms with Crippen LogP contribution in [0.5, 0.6) is 0 Å². The molecule has 0 aliphatic carbocycles. The maximum Gasteiger partial charge on any atom is 0.327 e. The van der Waals surface area contributed by atoms with E-state index in [4.69, 9.17) is 5.11 Å². The highest BCUT2D eigenvalue weighted by atomic mass is 16.6. The largest absolute Gasteiger partial charge is 0.478 e. The molecular formula is C22H24N2O4. The van der Waals surface area contributed by atoms with Crippen LogP contribution in [0.2, 0.25) is 0 Å². The molecule has 1 saturated heterocycles. The minimum Gasteiger partial charge on any atom is -0.478 e. The molecule has 0 amide bonds. The third-order valence-corrected chi connectivity index (χ3v) is 5.18. The Hall–Kier alpha value is -2.99. The third-order valence-electron chi connectivity index (χ3n) is 5.18. The summed E-state index contributed by atoms with van der Waals surface area (Å²) in [5.74, 6) is -0.925. The van der Waals surface area contributed by atoms with Gasteiger partial charge in [-0.05, 0) is 48.9 Å². The van der Waals surface area contributed by atoms with Gasteiger partial charge in [0.15, 0.2) is 0 Å². The highest BCUT2D eigenvalue weighted by molar-refractivity contribution is 5.79. The Balaban J connectivity index is 1.58. The van der Waals surface area contributed by atoms with Gasteiger partial charge in [0.25, 0.3) is 5.69 Å². The van der Waals surface area contributed by atoms with Crippen molar-refractivity contribution in [3.63, 3.8) is 0 Å². The number of nitrogens with zero attached hydrogens (tertiary/aromatic N) is 2. The van der Waals surface area contributed by atoms with Crippen molar-refractivity contribution in [1.29, 1.82) is 0 Å². The van der Waals surface area contributed by atoms with Crippen molar-refractivity contribution in [2.45, 2.75) is 31.7 Å². The van der Waals surface area contributed by atoms with Crippen LogP contribution in [-0.2, 0) is 17.6 Å². The molecule has 1 aliphatic heterocycles. The second-order valence-corrected chi connectivity index (χ2v) is 7.05. The number of carboxylic acid groups (broad SMARTS) is 1. The Morgan fingerprint density at radius 1 is 1.14 bits per heavy atom. The lowest BCUT2D eigenvalue weighted by atomic mass is 10.0. The molecule has 3 rings (SSSR count). The van der Waals surface area contributed by atoms with Gasteiger partial charge in [-0.25, -0.2) is 4.79 Å². The lowest BCUT2D eigenvalue weighted by Crippen LogP contribution is -2.25. The van der Waals surface area contributed by atoms with Crippen molar-refractivity contribution in [3.8, 4) is 0 Å². The van der Waals surface area contributed by atoms with Crippen molar-refractivity contribution >= 4 is 11.7 Å². The Morgan fingerprint density at radius 3 is 2.46 bits per heavy atom. The zero-order valence-electron chi connectivity index (χ0n) is 15.7. The highest BCUT2D eigenvalue weighted by Gasteiger charge is 2.25. The fourth-order valence-electron chi connectivity index (χ4n) is 3.70. The smallest absolute Gasteiger partial charge is 0.327 e. The van der Waals surface area contributed by atoms with Crippen LogP contribution in [0.1, 0.15) is 35.6 Å². The Kier molecular flexibility index (Phi) is 6.55. The molecule has 0 radical (unpaired) electrons. The molecule has 1 atom stereocenters. The minimum absolute atomic E-state index is 0.126. The molecule has 1 heterocycles. The number of carboxylic acids is 1. The number of nitro benzene ring substituents is 1. The summed E-state index contributed by atoms with van der Waals surface area (Å²) in [5.41, 5.74) is 3.61. The molecule has 1 N–H and O–H groups in total. The van der Waals surface area contributed by atoms with Crippen LogP contribution in [0.25, 0.3) is 0 Å². The maximum atomic E-state index is 10.8. The summed E-state index contributed by atoms with van der Waals surface area (Å²) in [6.07, 6.45) is 6.59. The molecule has 0 saturated carbocycles. The molecule has 6 nitrogen and oxygen atoms in total. The summed E-state index contributed by atoms with van der Waals surface area (Å²) in [7, 11) is 0. The Labute approximate surface area is 164 Å². The minimum atomic E-state index is -0.925. The zero-order valence-corrected chi connectivity index (χ0v) is 15.7. The molecule has 2 aromatic carbocycles. The van der Waals surface area contributed by atoms with Crippen LogP contribution in [0, 0.1) is 10.1 Å². The summed E-state index contributed by atoms with van der Waals surface area (Å²) in [6.45, 7) is 1.98. The average Bonchev–Trinajstić information content (AvgIpc) is 3.15. The molecule has 28 heavy (non-hydrogen) atoms. The second kappa shape index (κ2) is 9.28. The van der Waals surface area contributed by atoms with E-state index in [0.29, 0.717) is 12.5 Å². The topological polar surface area (TPSA) is 83.7 Å². The number of hydrogen-bond acceptors (Lipinski definition) is 4. The lowest BCUT2D eigenvalue weighted by molar-refractivity contribution is -0.384. The van der Waals surface area contributed by atoms with Gasteiger partial charge in [-0.2, -0.15) is 0 Å². The van der Waals surface area contributed by atoms with Gasteiger partial charge in [-0.15, -0.1) is 0 Å². The van der Waals surface area contributed by atoms with Gasteiger partial charge in [0.2, 0.25) is 0 Å². The van der Waals surface area contributed by atoms with Gasteiger partial charge in [-0.1, -0.05) is 42.5 Å². The summed E-state index contributed by atoms with van der Waals surface area (Å²) in [5, 5.41) is 19.4. The van der Waals surface area contributed by atoms with Crippen LogP contribution < -0.4 is 0 Å². The van der Waals surface area contributed by atoms with E-state index in [9.17, 15) is 14.9 Å². The number of likely N-dealkylation sites (tertiary alicyclic amines) is 1. The summed E-state index contributed by atoms with van der Waals surface area (Å²) < 4.78 is 0. The summed E-state index contributed by atoms with van der Waals surface area (Å²) in [4.78, 5) is 23.4. The monoisotopic (exact) mass is 380 g/mol. The van der Waals surface area contributed by atoms with Crippen molar-refractivity contribution in [3.05, 3.63) is 87.5 Å². The van der Waals surface area contributed by atoms with Crippen LogP contribution in [-0.4, -0.2) is 34.0 Å². The summed E-state index contributed by atoms with van der Waals surface area (Å²) in [6, 6.07) is 15.6. The van der Waals surface area contributed by atoms with Crippen molar-refractivity contribution < 1.29 is 14.8 Å². The van der Waals surface area contributed by atoms with E-state index in [-0.39, 0.29) is 10.6 Å². The number of non-ortho nitro benzene ring substituents is 1. The van der Waals surface area contributed by atoms with E-state index in [0.717, 1.165) is 43.5 Å². The van der Waals surface area contributed by atoms with Crippen molar-refractivity contribution in [2.75, 3.05) is 13.1 Å².